The Bertz CT molecular complexity index is 972. The standard InChI is InChI=1S/C22H25N3O6/c1-28-16-4-6-18(29-2)17(12-16)23-21(26)22(27)25-9-7-24(8-10-25)13-15-3-5-19-20(11-15)31-14-30-19/h3-6,11-12H,7-10,13-14H2,1-2H3,(H,23,26). The minimum atomic E-state index is -0.698. The molecule has 2 aliphatic rings. The molecule has 164 valence electrons. The Hall–Kier alpha value is -3.46. The molecule has 1 N–H and O–H groups in total. The highest BCUT2D eigenvalue weighted by Gasteiger charge is 2.27. The Balaban J connectivity index is 1.31. The fraction of sp³-hybridized carbons (Fsp3) is 0.364. The average Bonchev–Trinajstić information content (AvgIpc) is 3.27. The number of hydrogen-bond acceptors (Lipinski definition) is 7. The van der Waals surface area contributed by atoms with Crippen molar-refractivity contribution in [1.82, 2.24) is 9.80 Å². The maximum atomic E-state index is 12.6. The SMILES string of the molecule is COc1ccc(OC)c(NC(=O)C(=O)N2CCN(Cc3ccc4c(c3)OCO4)CC2)c1. The van der Waals surface area contributed by atoms with Gasteiger partial charge in [0.1, 0.15) is 11.5 Å². The molecule has 0 saturated carbocycles. The van der Waals surface area contributed by atoms with Crippen LogP contribution in [-0.4, -0.2) is 68.8 Å². The first-order valence-corrected chi connectivity index (χ1v) is 10.0. The molecule has 2 aromatic rings. The van der Waals surface area contributed by atoms with E-state index in [2.05, 4.69) is 10.2 Å². The van der Waals surface area contributed by atoms with E-state index in [1.54, 1.807) is 23.1 Å². The highest BCUT2D eigenvalue weighted by Crippen LogP contribution is 2.33. The first-order chi connectivity index (χ1) is 15.1. The van der Waals surface area contributed by atoms with Gasteiger partial charge >= 0.3 is 11.8 Å². The van der Waals surface area contributed by atoms with Gasteiger partial charge in [-0.2, -0.15) is 0 Å². The Labute approximate surface area is 180 Å². The topological polar surface area (TPSA) is 89.6 Å². The normalized spacial score (nSPS) is 15.5. The van der Waals surface area contributed by atoms with Crippen molar-refractivity contribution in [3.8, 4) is 23.0 Å². The Morgan fingerprint density at radius 3 is 2.48 bits per heavy atom. The van der Waals surface area contributed by atoms with Crippen molar-refractivity contribution >= 4 is 17.5 Å². The number of methoxy groups -OCH3 is 2. The lowest BCUT2D eigenvalue weighted by Crippen LogP contribution is -2.51. The van der Waals surface area contributed by atoms with E-state index < -0.39 is 11.8 Å². The van der Waals surface area contributed by atoms with Crippen LogP contribution in [0.25, 0.3) is 0 Å². The first kappa shape index (κ1) is 20.8. The number of anilines is 1. The molecular formula is C22H25N3O6. The summed E-state index contributed by atoms with van der Waals surface area (Å²) in [5.74, 6) is 1.27. The molecule has 2 amide bonds. The summed E-state index contributed by atoms with van der Waals surface area (Å²) in [4.78, 5) is 29.0. The molecule has 0 bridgehead atoms. The fourth-order valence-electron chi connectivity index (χ4n) is 3.64. The van der Waals surface area contributed by atoms with Crippen LogP contribution in [0.5, 0.6) is 23.0 Å². The van der Waals surface area contributed by atoms with E-state index in [9.17, 15) is 9.59 Å². The zero-order chi connectivity index (χ0) is 21.8. The Kier molecular flexibility index (Phi) is 6.13. The molecule has 2 aliphatic heterocycles. The van der Waals surface area contributed by atoms with E-state index >= 15 is 0 Å². The number of hydrogen-bond donors (Lipinski definition) is 1. The number of fused-ring (bicyclic) bond motifs is 1. The van der Waals surface area contributed by atoms with Crippen LogP contribution in [0.15, 0.2) is 36.4 Å². The summed E-state index contributed by atoms with van der Waals surface area (Å²) in [6.07, 6.45) is 0. The molecule has 0 aromatic heterocycles. The smallest absolute Gasteiger partial charge is 0.314 e. The number of ether oxygens (including phenoxy) is 4. The van der Waals surface area contributed by atoms with E-state index in [1.165, 1.54) is 14.2 Å². The maximum absolute atomic E-state index is 12.6. The monoisotopic (exact) mass is 427 g/mol. The number of benzene rings is 2. The van der Waals surface area contributed by atoms with Crippen LogP contribution in [0, 0.1) is 0 Å². The van der Waals surface area contributed by atoms with Gasteiger partial charge in [0.05, 0.1) is 19.9 Å². The van der Waals surface area contributed by atoms with Crippen molar-refractivity contribution in [3.63, 3.8) is 0 Å². The lowest BCUT2D eigenvalue weighted by atomic mass is 10.1. The zero-order valence-corrected chi connectivity index (χ0v) is 17.6. The Morgan fingerprint density at radius 2 is 1.74 bits per heavy atom. The summed E-state index contributed by atoms with van der Waals surface area (Å²) in [7, 11) is 3.03. The maximum Gasteiger partial charge on any atom is 0.314 e. The quantitative estimate of drug-likeness (QED) is 0.727. The second-order valence-electron chi connectivity index (χ2n) is 7.28. The molecule has 0 aliphatic carbocycles. The molecule has 0 unspecified atom stereocenters. The average molecular weight is 427 g/mol. The molecule has 0 radical (unpaired) electrons. The number of nitrogens with zero attached hydrogens (tertiary/aromatic N) is 2. The summed E-state index contributed by atoms with van der Waals surface area (Å²) < 4.78 is 21.2. The van der Waals surface area contributed by atoms with Gasteiger partial charge in [0.25, 0.3) is 0 Å². The van der Waals surface area contributed by atoms with Crippen molar-refractivity contribution in [2.24, 2.45) is 0 Å². The van der Waals surface area contributed by atoms with Gasteiger partial charge in [-0.25, -0.2) is 0 Å². The largest absolute Gasteiger partial charge is 0.497 e. The third kappa shape index (κ3) is 4.66. The fourth-order valence-corrected chi connectivity index (χ4v) is 3.64. The van der Waals surface area contributed by atoms with Crippen molar-refractivity contribution in [3.05, 3.63) is 42.0 Å². The molecule has 31 heavy (non-hydrogen) atoms. The van der Waals surface area contributed by atoms with Gasteiger partial charge in [0.2, 0.25) is 6.79 Å². The molecule has 0 spiro atoms. The lowest BCUT2D eigenvalue weighted by molar-refractivity contribution is -0.144. The number of carbonyl (C=O) groups is 2. The molecule has 9 nitrogen and oxygen atoms in total. The molecule has 2 aromatic carbocycles. The summed E-state index contributed by atoms with van der Waals surface area (Å²) in [6.45, 7) is 3.30. The van der Waals surface area contributed by atoms with E-state index in [0.717, 1.165) is 23.6 Å². The van der Waals surface area contributed by atoms with Gasteiger partial charge < -0.3 is 29.2 Å². The van der Waals surface area contributed by atoms with Crippen molar-refractivity contribution < 1.29 is 28.5 Å². The van der Waals surface area contributed by atoms with Gasteiger partial charge in [-0.15, -0.1) is 0 Å². The van der Waals surface area contributed by atoms with Crippen LogP contribution in [0.3, 0.4) is 0 Å². The van der Waals surface area contributed by atoms with Crippen molar-refractivity contribution in [2.75, 3.05) is 52.5 Å². The predicted molar refractivity (Wildman–Crippen MR) is 113 cm³/mol. The van der Waals surface area contributed by atoms with Crippen molar-refractivity contribution in [2.45, 2.75) is 6.54 Å². The van der Waals surface area contributed by atoms with Gasteiger partial charge in [-0.3, -0.25) is 14.5 Å². The second-order valence-corrected chi connectivity index (χ2v) is 7.28. The number of carbonyl (C=O) groups excluding carboxylic acids is 2. The number of amides is 2. The van der Waals surface area contributed by atoms with Gasteiger partial charge in [-0.1, -0.05) is 6.07 Å². The minimum absolute atomic E-state index is 0.253. The summed E-state index contributed by atoms with van der Waals surface area (Å²) >= 11 is 0. The van der Waals surface area contributed by atoms with E-state index in [-0.39, 0.29) is 6.79 Å². The second kappa shape index (κ2) is 9.13. The van der Waals surface area contributed by atoms with E-state index in [4.69, 9.17) is 18.9 Å². The van der Waals surface area contributed by atoms with Crippen LogP contribution >= 0.6 is 0 Å². The highest BCUT2D eigenvalue weighted by atomic mass is 16.7. The molecule has 4 rings (SSSR count). The third-order valence-electron chi connectivity index (χ3n) is 5.35. The van der Waals surface area contributed by atoms with Gasteiger partial charge in [0, 0.05) is 38.8 Å². The van der Waals surface area contributed by atoms with Crippen LogP contribution in [0.1, 0.15) is 5.56 Å². The molecular weight excluding hydrogens is 402 g/mol. The third-order valence-corrected chi connectivity index (χ3v) is 5.35. The number of nitrogens with one attached hydrogen (secondary N) is 1. The zero-order valence-electron chi connectivity index (χ0n) is 17.6. The molecule has 9 heteroatoms. The number of piperazine rings is 1. The highest BCUT2D eigenvalue weighted by molar-refractivity contribution is 6.39. The van der Waals surface area contributed by atoms with Crippen LogP contribution in [0.2, 0.25) is 0 Å². The van der Waals surface area contributed by atoms with Crippen LogP contribution in [-0.2, 0) is 16.1 Å². The summed E-state index contributed by atoms with van der Waals surface area (Å²) in [5, 5.41) is 2.63. The summed E-state index contributed by atoms with van der Waals surface area (Å²) in [6, 6.07) is 10.9. The van der Waals surface area contributed by atoms with E-state index in [0.29, 0.717) is 43.4 Å². The molecule has 2 heterocycles. The number of rotatable bonds is 5. The molecule has 0 atom stereocenters. The van der Waals surface area contributed by atoms with Crippen LogP contribution < -0.4 is 24.3 Å². The lowest BCUT2D eigenvalue weighted by Gasteiger charge is -2.34. The first-order valence-electron chi connectivity index (χ1n) is 10.0. The summed E-state index contributed by atoms with van der Waals surface area (Å²) in [5.41, 5.74) is 1.51. The van der Waals surface area contributed by atoms with Gasteiger partial charge in [-0.05, 0) is 29.8 Å². The minimum Gasteiger partial charge on any atom is -0.497 e. The predicted octanol–water partition coefficient (Wildman–Crippen LogP) is 1.72. The molecule has 1 saturated heterocycles. The van der Waals surface area contributed by atoms with Gasteiger partial charge in [0.15, 0.2) is 11.5 Å². The van der Waals surface area contributed by atoms with E-state index in [1.807, 2.05) is 18.2 Å². The molecule has 1 fully saturated rings. The van der Waals surface area contributed by atoms with Crippen molar-refractivity contribution in [1.29, 1.82) is 0 Å². The van der Waals surface area contributed by atoms with Crippen LogP contribution in [0.4, 0.5) is 5.69 Å². The Morgan fingerprint density at radius 1 is 0.968 bits per heavy atom.